The van der Waals surface area contributed by atoms with Gasteiger partial charge in [0.15, 0.2) is 0 Å². The number of anilines is 2. The average molecular weight is 401 g/mol. The molecule has 0 aliphatic carbocycles. The average Bonchev–Trinajstić information content (AvgIpc) is 2.58. The first-order valence-electron chi connectivity index (χ1n) is 8.77. The van der Waals surface area contributed by atoms with Crippen molar-refractivity contribution in [1.82, 2.24) is 9.97 Å². The predicted molar refractivity (Wildman–Crippen MR) is 108 cm³/mol. The van der Waals surface area contributed by atoms with Crippen molar-refractivity contribution in [2.75, 3.05) is 17.6 Å². The minimum absolute atomic E-state index is 0. The summed E-state index contributed by atoms with van der Waals surface area (Å²) in [5.74, 6) is -0.631. The number of nitrogen functional groups attached to an aromatic ring is 1. The molecule has 0 amide bonds. The Morgan fingerprint density at radius 3 is 2.54 bits per heavy atom. The number of alkyl halides is 3. The van der Waals surface area contributed by atoms with Crippen LogP contribution in [0.4, 0.5) is 24.8 Å². The van der Waals surface area contributed by atoms with Crippen molar-refractivity contribution in [3.05, 3.63) is 47.3 Å². The molecule has 0 aliphatic rings. The van der Waals surface area contributed by atoms with Crippen LogP contribution in [0, 0.1) is 5.92 Å². The van der Waals surface area contributed by atoms with Crippen molar-refractivity contribution in [3.8, 4) is 0 Å². The Labute approximate surface area is 166 Å². The van der Waals surface area contributed by atoms with Crippen molar-refractivity contribution in [1.29, 1.82) is 0 Å². The van der Waals surface area contributed by atoms with Gasteiger partial charge >= 0.3 is 6.18 Å². The van der Waals surface area contributed by atoms with Crippen LogP contribution in [0.15, 0.2) is 30.5 Å². The van der Waals surface area contributed by atoms with Gasteiger partial charge in [-0.1, -0.05) is 13.8 Å². The number of ketones is 1. The van der Waals surface area contributed by atoms with E-state index in [0.717, 1.165) is 6.07 Å². The van der Waals surface area contributed by atoms with Crippen molar-refractivity contribution < 1.29 is 22.2 Å². The summed E-state index contributed by atoms with van der Waals surface area (Å²) in [5, 5.41) is 2.93. The highest BCUT2D eigenvalue weighted by Crippen LogP contribution is 2.33. The third-order valence-electron chi connectivity index (χ3n) is 4.05. The van der Waals surface area contributed by atoms with Gasteiger partial charge in [0.2, 0.25) is 5.78 Å². The molecular weight excluding hydrogens is 371 g/mol. The van der Waals surface area contributed by atoms with Crippen LogP contribution in [-0.4, -0.2) is 27.8 Å². The van der Waals surface area contributed by atoms with Crippen LogP contribution < -0.4 is 16.8 Å². The number of carbonyl (C=O) groups is 1. The summed E-state index contributed by atoms with van der Waals surface area (Å²) in [6, 6.07) is 4.74. The number of nitrogens with one attached hydrogen (secondary N) is 1. The van der Waals surface area contributed by atoms with E-state index >= 15 is 0 Å². The fourth-order valence-corrected chi connectivity index (χ4v) is 2.99. The van der Waals surface area contributed by atoms with Crippen LogP contribution in [0.3, 0.4) is 0 Å². The molecule has 0 aromatic carbocycles. The van der Waals surface area contributed by atoms with Crippen molar-refractivity contribution in [3.63, 3.8) is 0 Å². The molecule has 2 aromatic heterocycles. The molecule has 6 nitrogen and oxygen atoms in total. The monoisotopic (exact) mass is 401 g/mol. The largest absolute Gasteiger partial charge is 0.418 e. The minimum atomic E-state index is -4.74. The summed E-state index contributed by atoms with van der Waals surface area (Å²) in [6.07, 6.45) is -2.69. The highest BCUT2D eigenvalue weighted by atomic mass is 19.4. The first-order valence-corrected chi connectivity index (χ1v) is 8.77. The predicted octanol–water partition coefficient (Wildman–Crippen LogP) is 4.22. The van der Waals surface area contributed by atoms with Gasteiger partial charge in [-0.2, -0.15) is 13.2 Å². The SMILES string of the molecule is CC(C)CC(C)(N)CNc1ccc(C(F)(F)F)c(C(=O)c2cccnc2N)n1.[HH].[HH].[HH]. The highest BCUT2D eigenvalue weighted by molar-refractivity contribution is 6.11. The third kappa shape index (κ3) is 5.41. The van der Waals surface area contributed by atoms with Crippen LogP contribution in [0.2, 0.25) is 0 Å². The fourth-order valence-electron chi connectivity index (χ4n) is 2.99. The van der Waals surface area contributed by atoms with E-state index in [9.17, 15) is 18.0 Å². The lowest BCUT2D eigenvalue weighted by Crippen LogP contribution is -2.44. The summed E-state index contributed by atoms with van der Waals surface area (Å²) in [6.45, 7) is 6.17. The summed E-state index contributed by atoms with van der Waals surface area (Å²) >= 11 is 0. The van der Waals surface area contributed by atoms with E-state index < -0.39 is 28.8 Å². The molecule has 5 N–H and O–H groups in total. The van der Waals surface area contributed by atoms with Crippen LogP contribution in [0.5, 0.6) is 0 Å². The standard InChI is InChI=1S/C19H24F3N5O.3H2/c1-11(2)9-18(3,24)10-26-14-7-6-13(19(20,21)22)15(27-14)16(28)12-5-4-8-25-17(12)23;;;/h4-8,11H,9-10,24H2,1-3H3,(H2,23,25)(H,26,27);3*1H. The number of aromatic nitrogens is 2. The maximum absolute atomic E-state index is 13.4. The molecule has 1 atom stereocenters. The first kappa shape index (κ1) is 21.6. The van der Waals surface area contributed by atoms with Gasteiger partial charge in [-0.3, -0.25) is 4.79 Å². The second-order valence-electron chi connectivity index (χ2n) is 7.46. The minimum Gasteiger partial charge on any atom is -0.383 e. The van der Waals surface area contributed by atoms with Crippen molar-refractivity contribution in [2.45, 2.75) is 38.9 Å². The van der Waals surface area contributed by atoms with Crippen LogP contribution in [0.25, 0.3) is 0 Å². The van der Waals surface area contributed by atoms with Gasteiger partial charge in [-0.25, -0.2) is 9.97 Å². The lowest BCUT2D eigenvalue weighted by Gasteiger charge is -2.27. The number of nitrogens with two attached hydrogens (primary N) is 2. The smallest absolute Gasteiger partial charge is 0.383 e. The van der Waals surface area contributed by atoms with Gasteiger partial charge < -0.3 is 16.8 Å². The maximum atomic E-state index is 13.4. The van der Waals surface area contributed by atoms with E-state index in [1.165, 1.54) is 24.4 Å². The van der Waals surface area contributed by atoms with E-state index in [1.54, 1.807) is 0 Å². The molecule has 2 rings (SSSR count). The summed E-state index contributed by atoms with van der Waals surface area (Å²) in [4.78, 5) is 20.4. The second-order valence-corrected chi connectivity index (χ2v) is 7.46. The highest BCUT2D eigenvalue weighted by Gasteiger charge is 2.37. The Hall–Kier alpha value is -2.68. The Morgan fingerprint density at radius 1 is 1.29 bits per heavy atom. The van der Waals surface area contributed by atoms with Gasteiger partial charge in [0.05, 0.1) is 11.1 Å². The van der Waals surface area contributed by atoms with Crippen molar-refractivity contribution >= 4 is 17.4 Å². The molecule has 28 heavy (non-hydrogen) atoms. The van der Waals surface area contributed by atoms with E-state index in [0.29, 0.717) is 12.3 Å². The zero-order chi connectivity index (χ0) is 21.1. The second kappa shape index (κ2) is 8.14. The number of nitrogens with zero attached hydrogens (tertiary/aromatic N) is 2. The Balaban J connectivity index is 0. The molecule has 0 radical (unpaired) electrons. The van der Waals surface area contributed by atoms with Gasteiger partial charge in [0.25, 0.3) is 0 Å². The van der Waals surface area contributed by atoms with E-state index in [4.69, 9.17) is 11.5 Å². The van der Waals surface area contributed by atoms with Gasteiger partial charge in [0, 0.05) is 22.6 Å². The molecule has 0 saturated heterocycles. The topological polar surface area (TPSA) is 107 Å². The fraction of sp³-hybridized carbons (Fsp3) is 0.421. The zero-order valence-electron chi connectivity index (χ0n) is 16.0. The number of pyridine rings is 2. The van der Waals surface area contributed by atoms with E-state index in [1.807, 2.05) is 20.8 Å². The molecule has 9 heteroatoms. The Morgan fingerprint density at radius 2 is 1.96 bits per heavy atom. The number of hydrogen-bond acceptors (Lipinski definition) is 6. The maximum Gasteiger partial charge on any atom is 0.418 e. The number of carbonyl (C=O) groups excluding carboxylic acids is 1. The van der Waals surface area contributed by atoms with Crippen molar-refractivity contribution in [2.24, 2.45) is 11.7 Å². The van der Waals surface area contributed by atoms with Gasteiger partial charge in [0.1, 0.15) is 17.3 Å². The normalized spacial score (nSPS) is 14.0. The summed E-state index contributed by atoms with van der Waals surface area (Å²) < 4.78 is 40.2. The van der Waals surface area contributed by atoms with Crippen LogP contribution in [-0.2, 0) is 6.18 Å². The Kier molecular flexibility index (Phi) is 6.28. The van der Waals surface area contributed by atoms with Crippen LogP contribution in [0.1, 0.15) is 53.1 Å². The van der Waals surface area contributed by atoms with E-state index in [-0.39, 0.29) is 28.0 Å². The molecule has 0 saturated carbocycles. The van der Waals surface area contributed by atoms with Gasteiger partial charge in [-0.15, -0.1) is 0 Å². The summed E-state index contributed by atoms with van der Waals surface area (Å²) in [7, 11) is 0. The van der Waals surface area contributed by atoms with E-state index in [2.05, 4.69) is 15.3 Å². The lowest BCUT2D eigenvalue weighted by molar-refractivity contribution is -0.138. The third-order valence-corrected chi connectivity index (χ3v) is 4.05. The number of hydrogen-bond donors (Lipinski definition) is 3. The molecule has 0 aliphatic heterocycles. The molecule has 2 heterocycles. The molecular formula is C19H30F3N5O. The molecule has 0 spiro atoms. The molecule has 1 unspecified atom stereocenters. The zero-order valence-corrected chi connectivity index (χ0v) is 16.0. The summed E-state index contributed by atoms with van der Waals surface area (Å²) in [5.41, 5.74) is 9.26. The number of rotatable bonds is 7. The van der Waals surface area contributed by atoms with Gasteiger partial charge in [-0.05, 0) is 43.5 Å². The first-order chi connectivity index (χ1) is 12.9. The molecule has 158 valence electrons. The quantitative estimate of drug-likeness (QED) is 0.600. The molecule has 2 aromatic rings. The lowest BCUT2D eigenvalue weighted by atomic mass is 9.92. The number of halogens is 3. The van der Waals surface area contributed by atoms with Crippen LogP contribution >= 0.6 is 0 Å². The molecule has 0 fully saturated rings. The Bertz CT molecular complexity index is 864. The molecule has 0 bridgehead atoms.